The Labute approximate surface area is 610 Å². The number of hydrogen-bond donors (Lipinski definition) is 3. The van der Waals surface area contributed by atoms with Crippen LogP contribution in [0.15, 0.2) is 60.8 Å². The molecule has 0 aliphatic carbocycles. The number of hydrogen-bond acceptors (Lipinski definition) is 15. The van der Waals surface area contributed by atoms with Crippen molar-refractivity contribution in [3.63, 3.8) is 0 Å². The predicted molar refractivity (Wildman–Crippen MR) is 409 cm³/mol. The van der Waals surface area contributed by atoms with Gasteiger partial charge in [-0.3, -0.25) is 37.3 Å². The Hall–Kier alpha value is -3.24. The molecule has 0 heterocycles. The highest BCUT2D eigenvalue weighted by Gasteiger charge is 2.30. The van der Waals surface area contributed by atoms with E-state index in [2.05, 4.69) is 76.3 Å². The van der Waals surface area contributed by atoms with Gasteiger partial charge in [0.15, 0.2) is 12.2 Å². The molecular formula is C81H148O17P2. The van der Waals surface area contributed by atoms with Crippen LogP contribution in [0.4, 0.5) is 0 Å². The largest absolute Gasteiger partial charge is 0.472 e. The summed E-state index contributed by atoms with van der Waals surface area (Å²) in [4.78, 5) is 73.0. The number of unbranched alkanes of at least 4 members (excludes halogenated alkanes) is 41. The Morgan fingerprint density at radius 1 is 0.280 bits per heavy atom. The minimum Gasteiger partial charge on any atom is -0.462 e. The third-order valence-corrected chi connectivity index (χ3v) is 19.4. The number of rotatable bonds is 77. The summed E-state index contributed by atoms with van der Waals surface area (Å²) in [5.41, 5.74) is 0. The fourth-order valence-corrected chi connectivity index (χ4v) is 12.8. The average Bonchev–Trinajstić information content (AvgIpc) is 0.965. The van der Waals surface area contributed by atoms with Crippen LogP contribution < -0.4 is 0 Å². The summed E-state index contributed by atoms with van der Waals surface area (Å²) in [6.07, 6.45) is 73.4. The molecule has 2 unspecified atom stereocenters. The van der Waals surface area contributed by atoms with Crippen LogP contribution in [0.2, 0.25) is 0 Å². The number of carbonyl (C=O) groups is 4. The molecule has 0 bridgehead atoms. The van der Waals surface area contributed by atoms with Gasteiger partial charge in [0, 0.05) is 25.7 Å². The second-order valence-corrected chi connectivity index (χ2v) is 30.3. The minimum atomic E-state index is -4.98. The molecule has 0 radical (unpaired) electrons. The summed E-state index contributed by atoms with van der Waals surface area (Å²) in [5.74, 6) is -2.21. The standard InChI is InChI=1S/C81H148O17P2/c1-5-9-13-17-21-25-29-33-36-37-40-43-46-50-54-58-62-66-79(84)92-71-76(97-80(85)67-63-59-55-51-47-41-32-28-24-20-16-12-8-4)73-95-99(87,88)93-69-75(82)70-94-100(89,90)96-74-77(98-81(86)68-64-60-56-52-48-44-39-35-31-27-23-19-15-11-7-3)72-91-78(83)65-61-57-53-49-45-42-38-34-30-26-22-18-14-10-6-2/h21,25,33,35-36,39-40,43,50,54,75-77,82H,5-20,22-24,26-32,34,37-38,41-42,44-49,51-53,55-74H2,1-4H3,(H,87,88)(H,89,90)/b25-21-,36-33-,39-35-,43-40-,54-50-/t75-,76-,77-/m1/s1. The van der Waals surface area contributed by atoms with Crippen molar-refractivity contribution in [1.82, 2.24) is 0 Å². The molecule has 0 fully saturated rings. The van der Waals surface area contributed by atoms with Crippen LogP contribution in [0.3, 0.4) is 0 Å². The van der Waals surface area contributed by atoms with Gasteiger partial charge in [0.1, 0.15) is 19.3 Å². The van der Waals surface area contributed by atoms with Crippen molar-refractivity contribution in [3.8, 4) is 0 Å². The van der Waals surface area contributed by atoms with E-state index in [1.165, 1.54) is 180 Å². The van der Waals surface area contributed by atoms with Crippen molar-refractivity contribution in [2.45, 2.75) is 393 Å². The maximum atomic E-state index is 13.1. The molecule has 584 valence electrons. The van der Waals surface area contributed by atoms with Crippen molar-refractivity contribution in [1.29, 1.82) is 0 Å². The van der Waals surface area contributed by atoms with Gasteiger partial charge in [-0.05, 0) is 89.9 Å². The second kappa shape index (κ2) is 74.0. The lowest BCUT2D eigenvalue weighted by molar-refractivity contribution is -0.161. The maximum Gasteiger partial charge on any atom is 0.472 e. The van der Waals surface area contributed by atoms with Crippen molar-refractivity contribution >= 4 is 39.5 Å². The number of aliphatic hydroxyl groups excluding tert-OH is 1. The van der Waals surface area contributed by atoms with Crippen molar-refractivity contribution in [2.75, 3.05) is 39.6 Å². The highest BCUT2D eigenvalue weighted by Crippen LogP contribution is 2.45. The number of aliphatic hydroxyl groups is 1. The molecule has 0 aromatic carbocycles. The predicted octanol–water partition coefficient (Wildman–Crippen LogP) is 23.5. The second-order valence-electron chi connectivity index (χ2n) is 27.4. The zero-order valence-electron chi connectivity index (χ0n) is 63.9. The maximum absolute atomic E-state index is 13.1. The fourth-order valence-electron chi connectivity index (χ4n) is 11.3. The molecule has 0 rings (SSSR count). The van der Waals surface area contributed by atoms with E-state index in [1.807, 2.05) is 12.2 Å². The Morgan fingerprint density at radius 2 is 0.500 bits per heavy atom. The molecule has 3 N–H and O–H groups in total. The van der Waals surface area contributed by atoms with Crippen LogP contribution in [0.1, 0.15) is 374 Å². The van der Waals surface area contributed by atoms with Gasteiger partial charge in [0.25, 0.3) is 0 Å². The summed E-state index contributed by atoms with van der Waals surface area (Å²) >= 11 is 0. The van der Waals surface area contributed by atoms with Crippen molar-refractivity contribution in [3.05, 3.63) is 60.8 Å². The van der Waals surface area contributed by atoms with Gasteiger partial charge in [-0.15, -0.1) is 0 Å². The first-order chi connectivity index (χ1) is 48.7. The third kappa shape index (κ3) is 73.1. The quantitative estimate of drug-likeness (QED) is 0.0169. The van der Waals surface area contributed by atoms with Crippen molar-refractivity contribution < 1.29 is 80.2 Å². The van der Waals surface area contributed by atoms with E-state index >= 15 is 0 Å². The van der Waals surface area contributed by atoms with E-state index in [9.17, 15) is 43.2 Å². The molecule has 17 nitrogen and oxygen atoms in total. The van der Waals surface area contributed by atoms with Gasteiger partial charge in [-0.25, -0.2) is 9.13 Å². The van der Waals surface area contributed by atoms with Crippen LogP contribution in [-0.2, 0) is 65.4 Å². The summed E-state index contributed by atoms with van der Waals surface area (Å²) in [6, 6.07) is 0. The zero-order valence-corrected chi connectivity index (χ0v) is 65.7. The fraction of sp³-hybridized carbons (Fsp3) is 0.827. The molecule has 0 aromatic heterocycles. The van der Waals surface area contributed by atoms with Crippen LogP contribution in [0, 0.1) is 0 Å². The molecule has 100 heavy (non-hydrogen) atoms. The molecule has 5 atom stereocenters. The first-order valence-corrected chi connectivity index (χ1v) is 43.5. The summed E-state index contributed by atoms with van der Waals surface area (Å²) in [5, 5.41) is 10.6. The lowest BCUT2D eigenvalue weighted by Crippen LogP contribution is -2.30. The van der Waals surface area contributed by atoms with E-state index in [4.69, 9.17) is 37.0 Å². The zero-order chi connectivity index (χ0) is 73.2. The number of allylic oxidation sites excluding steroid dienone is 10. The molecular weight excluding hydrogens is 1310 g/mol. The van der Waals surface area contributed by atoms with Crippen molar-refractivity contribution in [2.24, 2.45) is 0 Å². The third-order valence-electron chi connectivity index (χ3n) is 17.5. The number of phosphoric ester groups is 2. The van der Waals surface area contributed by atoms with Gasteiger partial charge >= 0.3 is 39.5 Å². The SMILES string of the molecule is CCCCC/C=C\C/C=C\C/C=C\C/C=C\CCCC(=O)OC[C@H](COP(=O)(O)OC[C@@H](O)COP(=O)(O)OC[C@@H](COC(=O)CCCCCCCCCCCCCCCCC)OC(=O)CCCCCCC/C=C\CCCCCCCC)OC(=O)CCCCCCCCCCCCCCC. The summed E-state index contributed by atoms with van der Waals surface area (Å²) in [6.45, 7) is 4.85. The summed E-state index contributed by atoms with van der Waals surface area (Å²) < 4.78 is 68.6. The molecule has 0 saturated heterocycles. The molecule has 0 aliphatic heterocycles. The summed E-state index contributed by atoms with van der Waals surface area (Å²) in [7, 11) is -9.95. The molecule has 19 heteroatoms. The minimum absolute atomic E-state index is 0.0895. The van der Waals surface area contributed by atoms with Crippen LogP contribution in [-0.4, -0.2) is 96.7 Å². The number of carbonyl (C=O) groups excluding carboxylic acids is 4. The van der Waals surface area contributed by atoms with E-state index in [0.717, 1.165) is 109 Å². The van der Waals surface area contributed by atoms with E-state index in [-0.39, 0.29) is 25.7 Å². The van der Waals surface area contributed by atoms with Crippen LogP contribution >= 0.6 is 15.6 Å². The normalized spacial score (nSPS) is 14.2. The van der Waals surface area contributed by atoms with Crippen LogP contribution in [0.25, 0.3) is 0 Å². The Bertz CT molecular complexity index is 2130. The molecule has 0 aromatic rings. The van der Waals surface area contributed by atoms with Gasteiger partial charge in [0.05, 0.1) is 26.4 Å². The van der Waals surface area contributed by atoms with E-state index in [0.29, 0.717) is 32.1 Å². The number of esters is 4. The van der Waals surface area contributed by atoms with Crippen LogP contribution in [0.5, 0.6) is 0 Å². The Kier molecular flexibility index (Phi) is 71.6. The van der Waals surface area contributed by atoms with Gasteiger partial charge in [-0.2, -0.15) is 0 Å². The Morgan fingerprint density at radius 3 is 0.820 bits per heavy atom. The highest BCUT2D eigenvalue weighted by atomic mass is 31.2. The smallest absolute Gasteiger partial charge is 0.462 e. The van der Waals surface area contributed by atoms with Gasteiger partial charge in [-0.1, -0.05) is 320 Å². The lowest BCUT2D eigenvalue weighted by atomic mass is 10.0. The highest BCUT2D eigenvalue weighted by molar-refractivity contribution is 7.47. The lowest BCUT2D eigenvalue weighted by Gasteiger charge is -2.21. The Balaban J connectivity index is 5.36. The molecule has 0 spiro atoms. The topological polar surface area (TPSA) is 237 Å². The first kappa shape index (κ1) is 96.8. The number of phosphoric acid groups is 2. The first-order valence-electron chi connectivity index (χ1n) is 40.5. The average molecular weight is 1460 g/mol. The molecule has 0 saturated carbocycles. The number of ether oxygens (including phenoxy) is 4. The van der Waals surface area contributed by atoms with Gasteiger partial charge in [0.2, 0.25) is 0 Å². The molecule has 0 aliphatic rings. The van der Waals surface area contributed by atoms with E-state index in [1.54, 1.807) is 0 Å². The van der Waals surface area contributed by atoms with Gasteiger partial charge < -0.3 is 33.8 Å². The monoisotopic (exact) mass is 1460 g/mol. The molecule has 0 amide bonds. The van der Waals surface area contributed by atoms with E-state index < -0.39 is 97.5 Å².